The van der Waals surface area contributed by atoms with Gasteiger partial charge in [0.05, 0.1) is 21.4 Å². The van der Waals surface area contributed by atoms with Crippen LogP contribution in [-0.4, -0.2) is 9.55 Å². The van der Waals surface area contributed by atoms with Gasteiger partial charge in [0.2, 0.25) is 0 Å². The van der Waals surface area contributed by atoms with Crippen LogP contribution < -0.4 is 0 Å². The van der Waals surface area contributed by atoms with E-state index in [1.807, 2.05) is 25.1 Å². The fourth-order valence-electron chi connectivity index (χ4n) is 2.21. The zero-order chi connectivity index (χ0) is 12.0. The van der Waals surface area contributed by atoms with Crippen LogP contribution in [0.4, 0.5) is 0 Å². The van der Waals surface area contributed by atoms with E-state index in [4.69, 9.17) is 23.2 Å². The van der Waals surface area contributed by atoms with E-state index in [2.05, 4.69) is 9.55 Å². The number of nitrogens with zero attached hydrogens (tertiary/aromatic N) is 2. The van der Waals surface area contributed by atoms with Crippen LogP contribution in [0.3, 0.4) is 0 Å². The zero-order valence-corrected chi connectivity index (χ0v) is 11.2. The molecule has 1 aromatic carbocycles. The van der Waals surface area contributed by atoms with E-state index in [1.165, 1.54) is 12.8 Å². The summed E-state index contributed by atoms with van der Waals surface area (Å²) >= 11 is 12.5. The molecule has 1 unspecified atom stereocenters. The molecule has 0 N–H and O–H groups in total. The molecule has 0 aliphatic heterocycles. The van der Waals surface area contributed by atoms with Gasteiger partial charge in [0.25, 0.3) is 0 Å². The normalized spacial score (nSPS) is 17.6. The summed E-state index contributed by atoms with van der Waals surface area (Å²) < 4.78 is 2.20. The summed E-state index contributed by atoms with van der Waals surface area (Å²) in [6.45, 7) is 2.95. The Morgan fingerprint density at radius 1 is 1.47 bits per heavy atom. The van der Waals surface area contributed by atoms with Crippen LogP contribution in [-0.2, 0) is 6.54 Å². The standard InChI is InChI=1S/C13H14Cl2N2/c1-8(14)13-16-11-4-2-3-10(15)12(11)17(13)7-9-5-6-9/h2-4,8-9H,5-7H2,1H3. The van der Waals surface area contributed by atoms with Crippen LogP contribution >= 0.6 is 23.2 Å². The van der Waals surface area contributed by atoms with E-state index in [1.54, 1.807) is 0 Å². The van der Waals surface area contributed by atoms with Crippen molar-refractivity contribution in [2.45, 2.75) is 31.7 Å². The average molecular weight is 269 g/mol. The predicted molar refractivity (Wildman–Crippen MR) is 71.7 cm³/mol. The van der Waals surface area contributed by atoms with E-state index in [-0.39, 0.29) is 5.38 Å². The van der Waals surface area contributed by atoms with Crippen molar-refractivity contribution in [3.63, 3.8) is 0 Å². The van der Waals surface area contributed by atoms with Crippen LogP contribution in [0.5, 0.6) is 0 Å². The number of alkyl halides is 1. The number of halogens is 2. The highest BCUT2D eigenvalue weighted by Gasteiger charge is 2.25. The molecule has 2 aromatic rings. The molecule has 0 saturated heterocycles. The molecule has 1 heterocycles. The Kier molecular flexibility index (Phi) is 2.80. The Morgan fingerprint density at radius 2 is 2.24 bits per heavy atom. The van der Waals surface area contributed by atoms with Gasteiger partial charge in [-0.05, 0) is 37.8 Å². The van der Waals surface area contributed by atoms with Gasteiger partial charge in [-0.1, -0.05) is 17.7 Å². The number of fused-ring (bicyclic) bond motifs is 1. The Hall–Kier alpha value is -0.730. The molecule has 0 bridgehead atoms. The summed E-state index contributed by atoms with van der Waals surface area (Å²) in [6.07, 6.45) is 2.61. The lowest BCUT2D eigenvalue weighted by molar-refractivity contribution is 0.610. The highest BCUT2D eigenvalue weighted by molar-refractivity contribution is 6.35. The van der Waals surface area contributed by atoms with Gasteiger partial charge >= 0.3 is 0 Å². The minimum absolute atomic E-state index is 0.0859. The number of para-hydroxylation sites is 1. The highest BCUT2D eigenvalue weighted by Crippen LogP contribution is 2.35. The van der Waals surface area contributed by atoms with Crippen LogP contribution in [0.25, 0.3) is 11.0 Å². The van der Waals surface area contributed by atoms with E-state index >= 15 is 0 Å². The molecule has 0 radical (unpaired) electrons. The second kappa shape index (κ2) is 4.18. The molecule has 2 nitrogen and oxygen atoms in total. The van der Waals surface area contributed by atoms with E-state index in [9.17, 15) is 0 Å². The van der Waals surface area contributed by atoms with Crippen molar-refractivity contribution in [1.29, 1.82) is 0 Å². The first kappa shape index (κ1) is 11.4. The van der Waals surface area contributed by atoms with Crippen LogP contribution in [0.1, 0.15) is 31.0 Å². The number of aromatic nitrogens is 2. The van der Waals surface area contributed by atoms with Gasteiger partial charge in [0.15, 0.2) is 0 Å². The Balaban J connectivity index is 2.20. The highest BCUT2D eigenvalue weighted by atomic mass is 35.5. The summed E-state index contributed by atoms with van der Waals surface area (Å²) in [5.74, 6) is 1.71. The number of benzene rings is 1. The number of rotatable bonds is 3. The van der Waals surface area contributed by atoms with Gasteiger partial charge in [-0.15, -0.1) is 11.6 Å². The smallest absolute Gasteiger partial charge is 0.127 e. The fraction of sp³-hybridized carbons (Fsp3) is 0.462. The van der Waals surface area contributed by atoms with Crippen molar-refractivity contribution in [3.05, 3.63) is 29.0 Å². The lowest BCUT2D eigenvalue weighted by atomic mass is 10.3. The quantitative estimate of drug-likeness (QED) is 0.755. The first-order valence-corrected chi connectivity index (χ1v) is 6.77. The van der Waals surface area contributed by atoms with E-state index in [0.29, 0.717) is 0 Å². The SMILES string of the molecule is CC(Cl)c1nc2cccc(Cl)c2n1CC1CC1. The Labute approximate surface area is 111 Å². The summed E-state index contributed by atoms with van der Waals surface area (Å²) in [4.78, 5) is 4.60. The first-order valence-electron chi connectivity index (χ1n) is 5.95. The molecule has 1 aliphatic rings. The van der Waals surface area contributed by atoms with Crippen molar-refractivity contribution >= 4 is 34.2 Å². The molecule has 1 atom stereocenters. The van der Waals surface area contributed by atoms with Gasteiger partial charge in [0, 0.05) is 6.54 Å². The van der Waals surface area contributed by atoms with Gasteiger partial charge in [-0.25, -0.2) is 4.98 Å². The molecule has 3 rings (SSSR count). The second-order valence-electron chi connectivity index (χ2n) is 4.75. The monoisotopic (exact) mass is 268 g/mol. The summed E-state index contributed by atoms with van der Waals surface area (Å²) in [7, 11) is 0. The maximum atomic E-state index is 6.28. The van der Waals surface area contributed by atoms with Crippen molar-refractivity contribution in [2.75, 3.05) is 0 Å². The van der Waals surface area contributed by atoms with Crippen molar-refractivity contribution < 1.29 is 0 Å². The minimum atomic E-state index is -0.0859. The molecule has 1 fully saturated rings. The first-order chi connectivity index (χ1) is 8.16. The molecule has 1 aromatic heterocycles. The van der Waals surface area contributed by atoms with Crippen LogP contribution in [0.15, 0.2) is 18.2 Å². The van der Waals surface area contributed by atoms with E-state index < -0.39 is 0 Å². The molecule has 0 spiro atoms. The lowest BCUT2D eigenvalue weighted by Gasteiger charge is -2.10. The minimum Gasteiger partial charge on any atom is -0.325 e. The lowest BCUT2D eigenvalue weighted by Crippen LogP contribution is -2.06. The topological polar surface area (TPSA) is 17.8 Å². The predicted octanol–water partition coefficient (Wildman–Crippen LogP) is 4.40. The second-order valence-corrected chi connectivity index (χ2v) is 5.81. The molecule has 0 amide bonds. The third-order valence-corrected chi connectivity index (χ3v) is 3.74. The molecular formula is C13H14Cl2N2. The largest absolute Gasteiger partial charge is 0.325 e. The summed E-state index contributed by atoms with van der Waals surface area (Å²) in [5.41, 5.74) is 1.98. The van der Waals surface area contributed by atoms with Crippen LogP contribution in [0.2, 0.25) is 5.02 Å². The zero-order valence-electron chi connectivity index (χ0n) is 9.66. The van der Waals surface area contributed by atoms with Gasteiger partial charge in [-0.2, -0.15) is 0 Å². The maximum Gasteiger partial charge on any atom is 0.127 e. The number of imidazole rings is 1. The van der Waals surface area contributed by atoms with Gasteiger partial charge in [-0.3, -0.25) is 0 Å². The molecule has 4 heteroatoms. The Morgan fingerprint density at radius 3 is 2.88 bits per heavy atom. The van der Waals surface area contributed by atoms with Crippen molar-refractivity contribution in [3.8, 4) is 0 Å². The Bertz CT molecular complexity index is 556. The van der Waals surface area contributed by atoms with Gasteiger partial charge < -0.3 is 4.57 Å². The molecule has 1 saturated carbocycles. The van der Waals surface area contributed by atoms with Crippen molar-refractivity contribution in [2.24, 2.45) is 5.92 Å². The van der Waals surface area contributed by atoms with Gasteiger partial charge in [0.1, 0.15) is 5.82 Å². The third kappa shape index (κ3) is 2.04. The summed E-state index contributed by atoms with van der Waals surface area (Å²) in [5, 5.41) is 0.677. The molecule has 90 valence electrons. The fourth-order valence-corrected chi connectivity index (χ4v) is 2.64. The summed E-state index contributed by atoms with van der Waals surface area (Å²) in [6, 6.07) is 5.84. The number of hydrogen-bond acceptors (Lipinski definition) is 1. The molecular weight excluding hydrogens is 255 g/mol. The average Bonchev–Trinajstić information content (AvgIpc) is 2.99. The third-order valence-electron chi connectivity index (χ3n) is 3.24. The van der Waals surface area contributed by atoms with Crippen LogP contribution in [0, 0.1) is 5.92 Å². The molecule has 17 heavy (non-hydrogen) atoms. The number of hydrogen-bond donors (Lipinski definition) is 0. The maximum absolute atomic E-state index is 6.28. The van der Waals surface area contributed by atoms with E-state index in [0.717, 1.165) is 34.3 Å². The molecule has 1 aliphatic carbocycles. The van der Waals surface area contributed by atoms with Crippen molar-refractivity contribution in [1.82, 2.24) is 9.55 Å².